The Hall–Kier alpha value is -0.540. The SMILES string of the molecule is Clc1nccn1CC1CCNCC1. The van der Waals surface area contributed by atoms with Gasteiger partial charge >= 0.3 is 0 Å². The van der Waals surface area contributed by atoms with E-state index in [0.717, 1.165) is 25.6 Å². The zero-order valence-corrected chi connectivity index (χ0v) is 8.30. The molecule has 0 atom stereocenters. The molecule has 2 rings (SSSR count). The number of halogens is 1. The van der Waals surface area contributed by atoms with Crippen molar-refractivity contribution in [2.45, 2.75) is 19.4 Å². The molecular weight excluding hydrogens is 186 g/mol. The van der Waals surface area contributed by atoms with Crippen LogP contribution in [0.5, 0.6) is 0 Å². The second-order valence-corrected chi connectivity index (χ2v) is 3.88. The fourth-order valence-electron chi connectivity index (χ4n) is 1.79. The molecule has 1 aliphatic heterocycles. The van der Waals surface area contributed by atoms with Crippen molar-refractivity contribution >= 4 is 11.6 Å². The van der Waals surface area contributed by atoms with Crippen LogP contribution in [-0.4, -0.2) is 22.6 Å². The Kier molecular flexibility index (Phi) is 2.86. The standard InChI is InChI=1S/C9H14ClN3/c10-9-12-5-6-13(9)7-8-1-3-11-4-2-8/h5-6,8,11H,1-4,7H2. The van der Waals surface area contributed by atoms with Crippen LogP contribution in [0.2, 0.25) is 5.28 Å². The maximum atomic E-state index is 5.90. The number of nitrogens with one attached hydrogen (secondary N) is 1. The van der Waals surface area contributed by atoms with E-state index in [1.807, 2.05) is 10.8 Å². The lowest BCUT2D eigenvalue weighted by atomic mass is 9.98. The molecule has 0 radical (unpaired) electrons. The van der Waals surface area contributed by atoms with Gasteiger partial charge < -0.3 is 9.88 Å². The molecule has 0 unspecified atom stereocenters. The third-order valence-corrected chi connectivity index (χ3v) is 2.89. The van der Waals surface area contributed by atoms with Crippen molar-refractivity contribution in [3.63, 3.8) is 0 Å². The summed E-state index contributed by atoms with van der Waals surface area (Å²) in [6.07, 6.45) is 6.19. The Morgan fingerprint density at radius 1 is 1.54 bits per heavy atom. The lowest BCUT2D eigenvalue weighted by Gasteiger charge is -2.22. The summed E-state index contributed by atoms with van der Waals surface area (Å²) in [5.41, 5.74) is 0. The van der Waals surface area contributed by atoms with Gasteiger partial charge in [-0.1, -0.05) is 0 Å². The highest BCUT2D eigenvalue weighted by molar-refractivity contribution is 6.28. The second-order valence-electron chi connectivity index (χ2n) is 3.54. The van der Waals surface area contributed by atoms with Crippen LogP contribution >= 0.6 is 11.6 Å². The highest BCUT2D eigenvalue weighted by atomic mass is 35.5. The normalized spacial score (nSPS) is 19.2. The Balaban J connectivity index is 1.93. The van der Waals surface area contributed by atoms with E-state index in [1.54, 1.807) is 6.20 Å². The molecule has 1 aromatic heterocycles. The first-order valence-corrected chi connectivity index (χ1v) is 5.11. The molecule has 0 amide bonds. The average Bonchev–Trinajstić information content (AvgIpc) is 2.54. The number of nitrogens with zero attached hydrogens (tertiary/aromatic N) is 2. The van der Waals surface area contributed by atoms with Gasteiger partial charge in [0, 0.05) is 18.9 Å². The van der Waals surface area contributed by atoms with Gasteiger partial charge in [0.05, 0.1) is 0 Å². The summed E-state index contributed by atoms with van der Waals surface area (Å²) < 4.78 is 2.03. The average molecular weight is 200 g/mol. The quantitative estimate of drug-likeness (QED) is 0.783. The maximum absolute atomic E-state index is 5.90. The maximum Gasteiger partial charge on any atom is 0.202 e. The van der Waals surface area contributed by atoms with Crippen molar-refractivity contribution in [1.82, 2.24) is 14.9 Å². The van der Waals surface area contributed by atoms with E-state index in [2.05, 4.69) is 10.3 Å². The van der Waals surface area contributed by atoms with Gasteiger partial charge in [-0.3, -0.25) is 0 Å². The molecule has 4 heteroatoms. The van der Waals surface area contributed by atoms with Crippen molar-refractivity contribution in [1.29, 1.82) is 0 Å². The van der Waals surface area contributed by atoms with Gasteiger partial charge in [0.1, 0.15) is 0 Å². The molecule has 0 bridgehead atoms. The van der Waals surface area contributed by atoms with Gasteiger partial charge in [0.2, 0.25) is 5.28 Å². The van der Waals surface area contributed by atoms with E-state index in [0.29, 0.717) is 5.28 Å². The molecule has 13 heavy (non-hydrogen) atoms. The van der Waals surface area contributed by atoms with Crippen LogP contribution in [0.15, 0.2) is 12.4 Å². The van der Waals surface area contributed by atoms with Crippen LogP contribution in [0, 0.1) is 5.92 Å². The van der Waals surface area contributed by atoms with Gasteiger partial charge in [-0.15, -0.1) is 0 Å². The highest BCUT2D eigenvalue weighted by Crippen LogP contribution is 2.16. The van der Waals surface area contributed by atoms with Crippen LogP contribution < -0.4 is 5.32 Å². The molecule has 0 aromatic carbocycles. The van der Waals surface area contributed by atoms with Crippen molar-refractivity contribution in [2.24, 2.45) is 5.92 Å². The number of rotatable bonds is 2. The fraction of sp³-hybridized carbons (Fsp3) is 0.667. The second kappa shape index (κ2) is 4.11. The molecule has 1 N–H and O–H groups in total. The molecule has 1 aromatic rings. The number of aromatic nitrogens is 2. The van der Waals surface area contributed by atoms with Gasteiger partial charge in [-0.25, -0.2) is 4.98 Å². The number of imidazole rings is 1. The minimum absolute atomic E-state index is 0.610. The van der Waals surface area contributed by atoms with E-state index in [9.17, 15) is 0 Å². The van der Waals surface area contributed by atoms with E-state index in [4.69, 9.17) is 11.6 Å². The molecule has 0 aliphatic carbocycles. The zero-order chi connectivity index (χ0) is 9.10. The Morgan fingerprint density at radius 2 is 2.31 bits per heavy atom. The van der Waals surface area contributed by atoms with E-state index >= 15 is 0 Å². The predicted octanol–water partition coefficient (Wildman–Crippen LogP) is 1.54. The van der Waals surface area contributed by atoms with Crippen molar-refractivity contribution in [2.75, 3.05) is 13.1 Å². The minimum Gasteiger partial charge on any atom is -0.322 e. The molecule has 0 saturated carbocycles. The molecule has 2 heterocycles. The topological polar surface area (TPSA) is 29.9 Å². The van der Waals surface area contributed by atoms with Gasteiger partial charge in [0.15, 0.2) is 0 Å². The number of hydrogen-bond donors (Lipinski definition) is 1. The largest absolute Gasteiger partial charge is 0.322 e. The number of piperidine rings is 1. The third kappa shape index (κ3) is 2.23. The Labute approximate surface area is 83.1 Å². The van der Waals surface area contributed by atoms with Gasteiger partial charge in [0.25, 0.3) is 0 Å². The van der Waals surface area contributed by atoms with Crippen LogP contribution in [0.4, 0.5) is 0 Å². The third-order valence-electron chi connectivity index (χ3n) is 2.58. The molecule has 3 nitrogen and oxygen atoms in total. The fourth-order valence-corrected chi connectivity index (χ4v) is 1.97. The lowest BCUT2D eigenvalue weighted by Crippen LogP contribution is -2.29. The first-order chi connectivity index (χ1) is 6.36. The molecule has 1 aliphatic rings. The van der Waals surface area contributed by atoms with E-state index in [-0.39, 0.29) is 0 Å². The Bertz CT molecular complexity index is 266. The summed E-state index contributed by atoms with van der Waals surface area (Å²) in [4.78, 5) is 3.99. The molecule has 1 fully saturated rings. The van der Waals surface area contributed by atoms with Crippen LogP contribution in [0.1, 0.15) is 12.8 Å². The molecular formula is C9H14ClN3. The lowest BCUT2D eigenvalue weighted by molar-refractivity contribution is 0.333. The number of hydrogen-bond acceptors (Lipinski definition) is 2. The van der Waals surface area contributed by atoms with Gasteiger partial charge in [-0.2, -0.15) is 0 Å². The monoisotopic (exact) mass is 199 g/mol. The summed E-state index contributed by atoms with van der Waals surface area (Å²) in [6, 6.07) is 0. The van der Waals surface area contributed by atoms with Crippen LogP contribution in [0.25, 0.3) is 0 Å². The smallest absolute Gasteiger partial charge is 0.202 e. The van der Waals surface area contributed by atoms with E-state index in [1.165, 1.54) is 12.8 Å². The molecule has 0 spiro atoms. The molecule has 1 saturated heterocycles. The first kappa shape index (κ1) is 9.03. The van der Waals surface area contributed by atoms with Crippen molar-refractivity contribution in [3.8, 4) is 0 Å². The van der Waals surface area contributed by atoms with Crippen molar-refractivity contribution < 1.29 is 0 Å². The summed E-state index contributed by atoms with van der Waals surface area (Å²) in [5, 5.41) is 3.96. The van der Waals surface area contributed by atoms with Crippen LogP contribution in [-0.2, 0) is 6.54 Å². The van der Waals surface area contributed by atoms with Crippen molar-refractivity contribution in [3.05, 3.63) is 17.7 Å². The highest BCUT2D eigenvalue weighted by Gasteiger charge is 2.14. The minimum atomic E-state index is 0.610. The summed E-state index contributed by atoms with van der Waals surface area (Å²) in [6.45, 7) is 3.29. The summed E-state index contributed by atoms with van der Waals surface area (Å²) in [5.74, 6) is 0.757. The van der Waals surface area contributed by atoms with E-state index < -0.39 is 0 Å². The predicted molar refractivity (Wildman–Crippen MR) is 52.8 cm³/mol. The van der Waals surface area contributed by atoms with Gasteiger partial charge in [-0.05, 0) is 43.5 Å². The molecule has 72 valence electrons. The van der Waals surface area contributed by atoms with Crippen LogP contribution in [0.3, 0.4) is 0 Å². The zero-order valence-electron chi connectivity index (χ0n) is 7.54. The Morgan fingerprint density at radius 3 is 2.92 bits per heavy atom. The summed E-state index contributed by atoms with van der Waals surface area (Å²) >= 11 is 5.90. The first-order valence-electron chi connectivity index (χ1n) is 4.73. The summed E-state index contributed by atoms with van der Waals surface area (Å²) in [7, 11) is 0.